The van der Waals surface area contributed by atoms with E-state index in [1.165, 1.54) is 18.3 Å². The molecule has 2 rings (SSSR count). The third-order valence-electron chi connectivity index (χ3n) is 1.72. The lowest BCUT2D eigenvalue weighted by atomic mass is 10.2. The summed E-state index contributed by atoms with van der Waals surface area (Å²) in [6, 6.07) is 3.47. The summed E-state index contributed by atoms with van der Waals surface area (Å²) in [5.41, 5.74) is 5.94. The number of hydrogen-bond donors (Lipinski definition) is 1. The molecule has 0 saturated heterocycles. The summed E-state index contributed by atoms with van der Waals surface area (Å²) in [5, 5.41) is 0.373. The van der Waals surface area contributed by atoms with Gasteiger partial charge in [-0.25, -0.2) is 8.78 Å². The topological polar surface area (TPSA) is 38.9 Å². The average Bonchev–Trinajstić information content (AvgIpc) is 2.02. The maximum absolute atomic E-state index is 13.0. The van der Waals surface area contributed by atoms with Crippen LogP contribution in [0.3, 0.4) is 0 Å². The standard InChI is InChI=1S/C9H6F2N2.2ClH/c10-6-1-5-2-7(12)4-13-9(5)8(11)3-6;;/h1-4H,12H2;2*1H. The quantitative estimate of drug-likeness (QED) is 0.783. The van der Waals surface area contributed by atoms with Crippen molar-refractivity contribution in [3.8, 4) is 0 Å². The minimum absolute atomic E-state index is 0. The van der Waals surface area contributed by atoms with Crippen molar-refractivity contribution < 1.29 is 8.78 Å². The smallest absolute Gasteiger partial charge is 0.152 e. The second-order valence-corrected chi connectivity index (χ2v) is 2.73. The van der Waals surface area contributed by atoms with Crippen molar-refractivity contribution in [2.75, 3.05) is 5.73 Å². The molecule has 1 heterocycles. The van der Waals surface area contributed by atoms with E-state index in [9.17, 15) is 8.78 Å². The Hall–Kier alpha value is -1.13. The lowest BCUT2D eigenvalue weighted by Gasteiger charge is -1.99. The molecule has 2 nitrogen and oxygen atoms in total. The summed E-state index contributed by atoms with van der Waals surface area (Å²) in [6.45, 7) is 0. The normalized spacial score (nSPS) is 9.20. The van der Waals surface area contributed by atoms with Gasteiger partial charge in [-0.15, -0.1) is 24.8 Å². The van der Waals surface area contributed by atoms with Crippen molar-refractivity contribution in [3.63, 3.8) is 0 Å². The van der Waals surface area contributed by atoms with Crippen LogP contribution >= 0.6 is 24.8 Å². The van der Waals surface area contributed by atoms with E-state index in [0.717, 1.165) is 6.07 Å². The monoisotopic (exact) mass is 252 g/mol. The lowest BCUT2D eigenvalue weighted by Crippen LogP contribution is -1.90. The average molecular weight is 253 g/mol. The highest BCUT2D eigenvalue weighted by atomic mass is 35.5. The van der Waals surface area contributed by atoms with Gasteiger partial charge < -0.3 is 5.73 Å². The highest BCUT2D eigenvalue weighted by molar-refractivity contribution is 5.85. The van der Waals surface area contributed by atoms with Gasteiger partial charge in [0.15, 0.2) is 5.82 Å². The fourth-order valence-electron chi connectivity index (χ4n) is 1.19. The molecular weight excluding hydrogens is 245 g/mol. The van der Waals surface area contributed by atoms with Crippen LogP contribution in [0, 0.1) is 11.6 Å². The van der Waals surface area contributed by atoms with E-state index >= 15 is 0 Å². The van der Waals surface area contributed by atoms with E-state index in [1.807, 2.05) is 0 Å². The van der Waals surface area contributed by atoms with E-state index in [1.54, 1.807) is 0 Å². The Morgan fingerprint density at radius 3 is 2.40 bits per heavy atom. The summed E-state index contributed by atoms with van der Waals surface area (Å²) < 4.78 is 25.8. The van der Waals surface area contributed by atoms with Gasteiger partial charge in [0.1, 0.15) is 11.3 Å². The molecule has 1 aromatic carbocycles. The second kappa shape index (κ2) is 5.09. The van der Waals surface area contributed by atoms with Gasteiger partial charge >= 0.3 is 0 Å². The predicted octanol–water partition coefficient (Wildman–Crippen LogP) is 2.94. The molecule has 0 atom stereocenters. The molecule has 15 heavy (non-hydrogen) atoms. The zero-order valence-corrected chi connectivity index (χ0v) is 9.04. The van der Waals surface area contributed by atoms with Crippen LogP contribution in [-0.2, 0) is 0 Å². The maximum Gasteiger partial charge on any atom is 0.152 e. The first-order chi connectivity index (χ1) is 6.16. The Balaban J connectivity index is 0.000000980. The minimum atomic E-state index is -0.671. The van der Waals surface area contributed by atoms with Crippen LogP contribution in [0.1, 0.15) is 0 Å². The predicted molar refractivity (Wildman–Crippen MR) is 60.6 cm³/mol. The number of nitrogens with zero attached hydrogens (tertiary/aromatic N) is 1. The van der Waals surface area contributed by atoms with Gasteiger partial charge in [0.05, 0.1) is 11.9 Å². The third kappa shape index (κ3) is 2.67. The molecule has 2 N–H and O–H groups in total. The second-order valence-electron chi connectivity index (χ2n) is 2.73. The number of fused-ring (bicyclic) bond motifs is 1. The van der Waals surface area contributed by atoms with Gasteiger partial charge in [-0.3, -0.25) is 4.98 Å². The Bertz CT molecular complexity index is 472. The van der Waals surface area contributed by atoms with Crippen molar-refractivity contribution in [3.05, 3.63) is 36.0 Å². The molecule has 0 aliphatic carbocycles. The molecule has 0 amide bonds. The van der Waals surface area contributed by atoms with Crippen LogP contribution in [0.5, 0.6) is 0 Å². The maximum atomic E-state index is 13.0. The summed E-state index contributed by atoms with van der Waals surface area (Å²) in [7, 11) is 0. The number of rotatable bonds is 0. The van der Waals surface area contributed by atoms with Gasteiger partial charge in [-0.05, 0) is 12.1 Å². The van der Waals surface area contributed by atoms with Crippen LogP contribution < -0.4 is 5.73 Å². The highest BCUT2D eigenvalue weighted by Crippen LogP contribution is 2.18. The Morgan fingerprint density at radius 1 is 1.07 bits per heavy atom. The molecule has 2 aromatic rings. The van der Waals surface area contributed by atoms with E-state index in [2.05, 4.69) is 4.98 Å². The summed E-state index contributed by atoms with van der Waals surface area (Å²) in [5.74, 6) is -1.30. The van der Waals surface area contributed by atoms with Gasteiger partial charge in [-0.1, -0.05) is 0 Å². The van der Waals surface area contributed by atoms with Crippen LogP contribution in [0.2, 0.25) is 0 Å². The first-order valence-electron chi connectivity index (χ1n) is 3.67. The van der Waals surface area contributed by atoms with E-state index < -0.39 is 11.6 Å². The molecule has 0 fully saturated rings. The Kier molecular flexibility index (Phi) is 4.71. The summed E-state index contributed by atoms with van der Waals surface area (Å²) >= 11 is 0. The van der Waals surface area contributed by atoms with E-state index in [0.29, 0.717) is 11.1 Å². The van der Waals surface area contributed by atoms with Gasteiger partial charge in [-0.2, -0.15) is 0 Å². The number of nitrogen functional groups attached to an aromatic ring is 1. The van der Waals surface area contributed by atoms with Crippen molar-refractivity contribution in [2.45, 2.75) is 0 Å². The van der Waals surface area contributed by atoms with Gasteiger partial charge in [0.2, 0.25) is 0 Å². The van der Waals surface area contributed by atoms with Crippen LogP contribution in [0.15, 0.2) is 24.4 Å². The first kappa shape index (κ1) is 13.9. The van der Waals surface area contributed by atoms with Crippen molar-refractivity contribution in [1.82, 2.24) is 4.98 Å². The number of aromatic nitrogens is 1. The molecule has 6 heteroatoms. The Labute approximate surface area is 97.3 Å². The molecule has 1 aromatic heterocycles. The SMILES string of the molecule is Cl.Cl.Nc1cnc2c(F)cc(F)cc2c1. The number of benzene rings is 1. The number of nitrogens with two attached hydrogens (primary N) is 1. The zero-order chi connectivity index (χ0) is 9.42. The first-order valence-corrected chi connectivity index (χ1v) is 3.67. The van der Waals surface area contributed by atoms with Gasteiger partial charge in [0, 0.05) is 11.5 Å². The fraction of sp³-hybridized carbons (Fsp3) is 0. The van der Waals surface area contributed by atoms with Crippen LogP contribution in [0.25, 0.3) is 10.9 Å². The summed E-state index contributed by atoms with van der Waals surface area (Å²) in [6.07, 6.45) is 1.34. The number of halogens is 4. The van der Waals surface area contributed by atoms with E-state index in [4.69, 9.17) is 5.73 Å². The molecule has 0 saturated carbocycles. The highest BCUT2D eigenvalue weighted by Gasteiger charge is 2.04. The number of hydrogen-bond acceptors (Lipinski definition) is 2. The van der Waals surface area contributed by atoms with Crippen LogP contribution in [0.4, 0.5) is 14.5 Å². The van der Waals surface area contributed by atoms with Crippen molar-refractivity contribution in [2.24, 2.45) is 0 Å². The molecule has 82 valence electrons. The molecular formula is C9H8Cl2F2N2. The fourth-order valence-corrected chi connectivity index (χ4v) is 1.19. The molecule has 0 aliphatic heterocycles. The van der Waals surface area contributed by atoms with Gasteiger partial charge in [0.25, 0.3) is 0 Å². The molecule has 0 radical (unpaired) electrons. The molecule has 0 unspecified atom stereocenters. The van der Waals surface area contributed by atoms with Crippen molar-refractivity contribution >= 4 is 41.4 Å². The zero-order valence-electron chi connectivity index (χ0n) is 7.41. The summed E-state index contributed by atoms with van der Waals surface area (Å²) in [4.78, 5) is 3.75. The largest absolute Gasteiger partial charge is 0.397 e. The third-order valence-corrected chi connectivity index (χ3v) is 1.72. The van der Waals surface area contributed by atoms with E-state index in [-0.39, 0.29) is 30.3 Å². The number of anilines is 1. The molecule has 0 aliphatic rings. The number of pyridine rings is 1. The van der Waals surface area contributed by atoms with Crippen molar-refractivity contribution in [1.29, 1.82) is 0 Å². The Morgan fingerprint density at radius 2 is 1.73 bits per heavy atom. The molecule has 0 bridgehead atoms. The molecule has 0 spiro atoms. The minimum Gasteiger partial charge on any atom is -0.397 e. The van der Waals surface area contributed by atoms with Crippen LogP contribution in [-0.4, -0.2) is 4.98 Å². The lowest BCUT2D eigenvalue weighted by molar-refractivity contribution is 0.590.